The van der Waals surface area contributed by atoms with Crippen molar-refractivity contribution in [3.8, 4) is 17.0 Å². The second-order valence-electron chi connectivity index (χ2n) is 6.06. The van der Waals surface area contributed by atoms with Gasteiger partial charge in [-0.1, -0.05) is 0 Å². The molecule has 1 N–H and O–H groups in total. The zero-order valence-corrected chi connectivity index (χ0v) is 14.7. The van der Waals surface area contributed by atoms with Crippen molar-refractivity contribution in [3.63, 3.8) is 0 Å². The van der Waals surface area contributed by atoms with Crippen molar-refractivity contribution < 1.29 is 19.0 Å². The van der Waals surface area contributed by atoms with Crippen molar-refractivity contribution in [2.45, 2.75) is 18.6 Å². The number of methoxy groups -OCH3 is 3. The van der Waals surface area contributed by atoms with Crippen LogP contribution in [0.1, 0.15) is 16.9 Å². The van der Waals surface area contributed by atoms with Gasteiger partial charge in [0.05, 0.1) is 31.6 Å². The molecule has 3 rings (SSSR count). The van der Waals surface area contributed by atoms with Crippen LogP contribution in [0.25, 0.3) is 11.3 Å². The van der Waals surface area contributed by atoms with Gasteiger partial charge in [0.2, 0.25) is 0 Å². The summed E-state index contributed by atoms with van der Waals surface area (Å²) in [6.45, 7) is 1.05. The Balaban J connectivity index is 1.77. The summed E-state index contributed by atoms with van der Waals surface area (Å²) >= 11 is 0. The summed E-state index contributed by atoms with van der Waals surface area (Å²) in [5.74, 6) is 0.689. The summed E-state index contributed by atoms with van der Waals surface area (Å²) in [6.07, 6.45) is 0.809. The highest BCUT2D eigenvalue weighted by Gasteiger charge is 2.36. The van der Waals surface area contributed by atoms with E-state index in [0.717, 1.165) is 23.4 Å². The van der Waals surface area contributed by atoms with Crippen LogP contribution in [0.3, 0.4) is 0 Å². The van der Waals surface area contributed by atoms with Gasteiger partial charge in [-0.25, -0.2) is 0 Å². The fourth-order valence-corrected chi connectivity index (χ4v) is 3.14. The Morgan fingerprint density at radius 3 is 2.68 bits per heavy atom. The average Bonchev–Trinajstić information content (AvgIpc) is 3.29. The van der Waals surface area contributed by atoms with Gasteiger partial charge in [0.25, 0.3) is 5.91 Å². The first-order valence-electron chi connectivity index (χ1n) is 8.18. The van der Waals surface area contributed by atoms with Crippen LogP contribution in [0.15, 0.2) is 30.3 Å². The molecule has 1 aliphatic rings. The summed E-state index contributed by atoms with van der Waals surface area (Å²) in [5, 5.41) is 7.12. The van der Waals surface area contributed by atoms with Gasteiger partial charge in [-0.3, -0.25) is 9.89 Å². The summed E-state index contributed by atoms with van der Waals surface area (Å²) in [5.41, 5.74) is 2.10. The average molecular weight is 345 g/mol. The molecule has 2 atom stereocenters. The Kier molecular flexibility index (Phi) is 5.35. The number of nitrogens with zero attached hydrogens (tertiary/aromatic N) is 2. The Morgan fingerprint density at radius 1 is 1.28 bits per heavy atom. The summed E-state index contributed by atoms with van der Waals surface area (Å²) < 4.78 is 15.8. The normalized spacial score (nSPS) is 20.0. The van der Waals surface area contributed by atoms with E-state index >= 15 is 0 Å². The van der Waals surface area contributed by atoms with Gasteiger partial charge >= 0.3 is 0 Å². The van der Waals surface area contributed by atoms with Crippen molar-refractivity contribution in [3.05, 3.63) is 36.0 Å². The molecule has 1 aromatic carbocycles. The Labute approximate surface area is 146 Å². The van der Waals surface area contributed by atoms with Crippen molar-refractivity contribution in [1.29, 1.82) is 0 Å². The molecule has 2 heterocycles. The van der Waals surface area contributed by atoms with Gasteiger partial charge < -0.3 is 19.1 Å². The lowest BCUT2D eigenvalue weighted by atomic mass is 10.1. The number of likely N-dealkylation sites (tertiary alicyclic amines) is 1. The van der Waals surface area contributed by atoms with Gasteiger partial charge in [-0.05, 0) is 36.8 Å². The van der Waals surface area contributed by atoms with Crippen molar-refractivity contribution in [2.24, 2.45) is 0 Å². The first-order chi connectivity index (χ1) is 12.2. The van der Waals surface area contributed by atoms with E-state index in [1.54, 1.807) is 32.3 Å². The number of nitrogens with one attached hydrogen (secondary N) is 1. The van der Waals surface area contributed by atoms with Gasteiger partial charge in [0.1, 0.15) is 11.4 Å². The second kappa shape index (κ2) is 7.67. The maximum absolute atomic E-state index is 12.9. The highest BCUT2D eigenvalue weighted by molar-refractivity contribution is 5.93. The molecule has 1 amide bonds. The molecule has 0 aliphatic carbocycles. The predicted molar refractivity (Wildman–Crippen MR) is 92.7 cm³/mol. The van der Waals surface area contributed by atoms with Gasteiger partial charge in [0, 0.05) is 26.3 Å². The molecule has 134 valence electrons. The number of hydrogen-bond donors (Lipinski definition) is 1. The molecular formula is C18H23N3O4. The largest absolute Gasteiger partial charge is 0.497 e. The molecule has 25 heavy (non-hydrogen) atoms. The molecule has 1 aromatic heterocycles. The number of carbonyl (C=O) groups is 1. The Bertz CT molecular complexity index is 713. The van der Waals surface area contributed by atoms with Crippen LogP contribution in [0.4, 0.5) is 0 Å². The minimum atomic E-state index is -0.0890. The van der Waals surface area contributed by atoms with Crippen LogP contribution < -0.4 is 4.74 Å². The Morgan fingerprint density at radius 2 is 2.04 bits per heavy atom. The van der Waals surface area contributed by atoms with Crippen LogP contribution in [-0.4, -0.2) is 67.6 Å². The molecule has 0 bridgehead atoms. The molecule has 0 saturated carbocycles. The number of benzene rings is 1. The van der Waals surface area contributed by atoms with Gasteiger partial charge in [-0.15, -0.1) is 0 Å². The van der Waals surface area contributed by atoms with Gasteiger partial charge in [0.15, 0.2) is 0 Å². The highest BCUT2D eigenvalue weighted by atomic mass is 16.5. The number of aromatic amines is 1. The standard InChI is InChI=1S/C18H23N3O4/c1-23-11-13-8-15(25-3)10-21(13)18(22)17-9-16(19-20-17)12-4-6-14(24-2)7-5-12/h4-7,9,13,15H,8,10-11H2,1-3H3,(H,19,20)/t13-,15-/m0/s1. The van der Waals surface area contributed by atoms with E-state index < -0.39 is 0 Å². The molecule has 0 unspecified atom stereocenters. The minimum Gasteiger partial charge on any atom is -0.497 e. The quantitative estimate of drug-likeness (QED) is 0.866. The number of amides is 1. The smallest absolute Gasteiger partial charge is 0.272 e. The Hall–Kier alpha value is -2.38. The molecule has 7 nitrogen and oxygen atoms in total. The molecule has 0 spiro atoms. The minimum absolute atomic E-state index is 0.00943. The summed E-state index contributed by atoms with van der Waals surface area (Å²) in [4.78, 5) is 14.7. The zero-order chi connectivity index (χ0) is 17.8. The third-order valence-corrected chi connectivity index (χ3v) is 4.52. The summed E-state index contributed by atoms with van der Waals surface area (Å²) in [7, 11) is 4.93. The van der Waals surface area contributed by atoms with Crippen LogP contribution >= 0.6 is 0 Å². The van der Waals surface area contributed by atoms with E-state index in [4.69, 9.17) is 14.2 Å². The fourth-order valence-electron chi connectivity index (χ4n) is 3.14. The molecule has 1 fully saturated rings. The highest BCUT2D eigenvalue weighted by Crippen LogP contribution is 2.25. The number of hydrogen-bond acceptors (Lipinski definition) is 5. The maximum Gasteiger partial charge on any atom is 0.272 e. The van der Waals surface area contributed by atoms with Crippen LogP contribution in [-0.2, 0) is 9.47 Å². The van der Waals surface area contributed by atoms with E-state index in [2.05, 4.69) is 10.2 Å². The van der Waals surface area contributed by atoms with E-state index in [0.29, 0.717) is 18.8 Å². The van der Waals surface area contributed by atoms with Crippen molar-refractivity contribution in [1.82, 2.24) is 15.1 Å². The number of H-pyrrole nitrogens is 1. The zero-order valence-electron chi connectivity index (χ0n) is 14.7. The van der Waals surface area contributed by atoms with E-state index in [-0.39, 0.29) is 18.1 Å². The maximum atomic E-state index is 12.9. The second-order valence-corrected chi connectivity index (χ2v) is 6.06. The molecule has 0 radical (unpaired) electrons. The van der Waals surface area contributed by atoms with E-state index in [1.165, 1.54) is 0 Å². The van der Waals surface area contributed by atoms with Crippen LogP contribution in [0, 0.1) is 0 Å². The third kappa shape index (κ3) is 3.67. The van der Waals surface area contributed by atoms with Gasteiger partial charge in [-0.2, -0.15) is 5.10 Å². The van der Waals surface area contributed by atoms with E-state index in [1.807, 2.05) is 24.3 Å². The first-order valence-corrected chi connectivity index (χ1v) is 8.18. The lowest BCUT2D eigenvalue weighted by molar-refractivity contribution is 0.0606. The summed E-state index contributed by atoms with van der Waals surface area (Å²) in [6, 6.07) is 9.33. The molecule has 7 heteroatoms. The number of rotatable bonds is 6. The number of carbonyl (C=O) groups excluding carboxylic acids is 1. The molecule has 1 aliphatic heterocycles. The SMILES string of the molecule is COC[C@@H]1C[C@H](OC)CN1C(=O)c1cc(-c2ccc(OC)cc2)n[nH]1. The van der Waals surface area contributed by atoms with Crippen molar-refractivity contribution >= 4 is 5.91 Å². The lowest BCUT2D eigenvalue weighted by Gasteiger charge is -2.22. The number of aromatic nitrogens is 2. The lowest BCUT2D eigenvalue weighted by Crippen LogP contribution is -2.38. The van der Waals surface area contributed by atoms with Crippen LogP contribution in [0.2, 0.25) is 0 Å². The number of ether oxygens (including phenoxy) is 3. The van der Waals surface area contributed by atoms with Crippen LogP contribution in [0.5, 0.6) is 5.75 Å². The topological polar surface area (TPSA) is 76.7 Å². The van der Waals surface area contributed by atoms with Crippen molar-refractivity contribution in [2.75, 3.05) is 34.5 Å². The molecule has 1 saturated heterocycles. The fraction of sp³-hybridized carbons (Fsp3) is 0.444. The first kappa shape index (κ1) is 17.4. The third-order valence-electron chi connectivity index (χ3n) is 4.52. The predicted octanol–water partition coefficient (Wildman–Crippen LogP) is 1.96. The van der Waals surface area contributed by atoms with E-state index in [9.17, 15) is 4.79 Å². The monoisotopic (exact) mass is 345 g/mol. The molecular weight excluding hydrogens is 322 g/mol. The molecule has 2 aromatic rings.